The Morgan fingerprint density at radius 1 is 0.314 bits per heavy atom. The minimum atomic E-state index is -4.95. The second-order valence-electron chi connectivity index (χ2n) is 25.6. The fourth-order valence-corrected chi connectivity index (χ4v) is 11.6. The van der Waals surface area contributed by atoms with Gasteiger partial charge >= 0.3 is 39.5 Å². The number of carbonyl (C=O) groups is 4. The van der Waals surface area contributed by atoms with Gasteiger partial charge in [-0.25, -0.2) is 9.13 Å². The molecule has 0 heterocycles. The Labute approximate surface area is 524 Å². The van der Waals surface area contributed by atoms with Gasteiger partial charge in [-0.1, -0.05) is 280 Å². The number of hydrogen-bond donors (Lipinski definition) is 3. The normalized spacial score (nSPS) is 14.3. The van der Waals surface area contributed by atoms with E-state index in [2.05, 4.69) is 48.5 Å². The molecule has 0 aromatic carbocycles. The summed E-state index contributed by atoms with van der Waals surface area (Å²) in [4.78, 5) is 72.1. The summed E-state index contributed by atoms with van der Waals surface area (Å²) in [5.74, 6) is 0.134. The van der Waals surface area contributed by atoms with Crippen molar-refractivity contribution in [3.8, 4) is 0 Å². The third-order valence-corrected chi connectivity index (χ3v) is 17.3. The topological polar surface area (TPSA) is 237 Å². The average molecular weight is 1270 g/mol. The molecular weight excluding hydrogens is 1140 g/mol. The fourth-order valence-electron chi connectivity index (χ4n) is 10.0. The first-order valence-electron chi connectivity index (χ1n) is 34.8. The number of esters is 4. The number of phosphoric acid groups is 2. The number of unbranched alkanes of at least 4 members (excludes halogenated alkanes) is 33. The highest BCUT2D eigenvalue weighted by atomic mass is 31.2. The van der Waals surface area contributed by atoms with Gasteiger partial charge in [0.2, 0.25) is 0 Å². The molecule has 0 bridgehead atoms. The summed E-state index contributed by atoms with van der Waals surface area (Å²) in [5, 5.41) is 10.5. The molecule has 0 aromatic rings. The molecule has 0 aliphatic heterocycles. The van der Waals surface area contributed by atoms with E-state index in [9.17, 15) is 43.2 Å². The maximum atomic E-state index is 13.0. The van der Waals surface area contributed by atoms with Crippen LogP contribution in [0.25, 0.3) is 0 Å². The van der Waals surface area contributed by atoms with Crippen molar-refractivity contribution in [3.63, 3.8) is 0 Å². The van der Waals surface area contributed by atoms with Gasteiger partial charge in [0.1, 0.15) is 19.3 Å². The van der Waals surface area contributed by atoms with E-state index >= 15 is 0 Å². The number of aliphatic hydroxyl groups is 1. The van der Waals surface area contributed by atoms with Crippen LogP contribution in [0, 0.1) is 17.8 Å². The summed E-state index contributed by atoms with van der Waals surface area (Å²) in [6.07, 6.45) is 40.7. The van der Waals surface area contributed by atoms with Crippen LogP contribution in [-0.2, 0) is 65.4 Å². The van der Waals surface area contributed by atoms with Crippen LogP contribution in [0.5, 0.6) is 0 Å². The lowest BCUT2D eigenvalue weighted by atomic mass is 10.0. The van der Waals surface area contributed by atoms with E-state index in [1.54, 1.807) is 0 Å². The SMILES string of the molecule is CCCCCCCC(=O)OC[C@H](COP(=O)(O)OC[C@H](O)COP(=O)(O)OC[C@@H](COC(=O)CCCCCCCCCCCC(C)C)OC(=O)CCCCCCCCCCCCCCCCC(C)C)OC(=O)CCCCCCCCCCCC(C)C. The highest BCUT2D eigenvalue weighted by Crippen LogP contribution is 2.45. The van der Waals surface area contributed by atoms with Gasteiger partial charge < -0.3 is 33.8 Å². The molecule has 5 atom stereocenters. The van der Waals surface area contributed by atoms with Crippen molar-refractivity contribution in [3.05, 3.63) is 0 Å². The maximum Gasteiger partial charge on any atom is 0.472 e. The number of hydrogen-bond acceptors (Lipinski definition) is 15. The van der Waals surface area contributed by atoms with Crippen molar-refractivity contribution in [2.45, 2.75) is 349 Å². The number of aliphatic hydroxyl groups excluding tert-OH is 1. The van der Waals surface area contributed by atoms with Crippen LogP contribution in [0.1, 0.15) is 331 Å². The van der Waals surface area contributed by atoms with Crippen molar-refractivity contribution in [1.29, 1.82) is 0 Å². The van der Waals surface area contributed by atoms with Crippen molar-refractivity contribution >= 4 is 39.5 Å². The predicted molar refractivity (Wildman–Crippen MR) is 344 cm³/mol. The molecule has 0 aromatic heterocycles. The second kappa shape index (κ2) is 58.2. The first-order valence-corrected chi connectivity index (χ1v) is 37.8. The largest absolute Gasteiger partial charge is 0.472 e. The third kappa shape index (κ3) is 60.9. The quantitative estimate of drug-likeness (QED) is 0.0222. The number of phosphoric ester groups is 2. The summed E-state index contributed by atoms with van der Waals surface area (Å²) >= 11 is 0. The van der Waals surface area contributed by atoms with E-state index in [1.165, 1.54) is 135 Å². The molecule has 0 spiro atoms. The first-order chi connectivity index (χ1) is 41.2. The molecule has 0 saturated carbocycles. The highest BCUT2D eigenvalue weighted by Gasteiger charge is 2.30. The molecule has 17 nitrogen and oxygen atoms in total. The summed E-state index contributed by atoms with van der Waals surface area (Å²) in [6.45, 7) is 11.7. The monoisotopic (exact) mass is 1270 g/mol. The second-order valence-corrected chi connectivity index (χ2v) is 28.5. The molecular formula is C67H130O17P2. The van der Waals surface area contributed by atoms with Crippen LogP contribution in [-0.4, -0.2) is 96.7 Å². The van der Waals surface area contributed by atoms with Crippen LogP contribution in [0.15, 0.2) is 0 Å². The maximum absolute atomic E-state index is 13.0. The molecule has 3 N–H and O–H groups in total. The Kier molecular flexibility index (Phi) is 56.9. The number of carbonyl (C=O) groups excluding carboxylic acids is 4. The summed E-state index contributed by atoms with van der Waals surface area (Å²) < 4.78 is 67.9. The standard InChI is InChI=1S/C67H130O17P2/c1-8-9-10-31-41-48-64(69)77-54-62(83-67(72)51-44-37-30-24-18-21-27-34-40-47-60(6)7)56-81-85(73,74)79-52-61(68)53-80-86(75,76)82-57-63(55-78-65(70)49-42-35-28-23-17-20-26-33-39-46-59(4)5)84-66(71)50-43-36-29-22-16-14-12-11-13-15-19-25-32-38-45-58(2)3/h58-63,68H,8-57H2,1-7H3,(H,73,74)(H,75,76)/t61-,62+,63+/m0/s1. The van der Waals surface area contributed by atoms with Gasteiger partial charge in [0.05, 0.1) is 26.4 Å². The Hall–Kier alpha value is -1.94. The Morgan fingerprint density at radius 2 is 0.535 bits per heavy atom. The van der Waals surface area contributed by atoms with Crippen LogP contribution in [0.2, 0.25) is 0 Å². The molecule has 0 fully saturated rings. The van der Waals surface area contributed by atoms with Crippen molar-refractivity contribution in [2.24, 2.45) is 17.8 Å². The fraction of sp³-hybridized carbons (Fsp3) is 0.940. The lowest BCUT2D eigenvalue weighted by Crippen LogP contribution is -2.30. The average Bonchev–Trinajstić information content (AvgIpc) is 3.62. The van der Waals surface area contributed by atoms with E-state index in [1.807, 2.05) is 0 Å². The molecule has 0 saturated heterocycles. The minimum Gasteiger partial charge on any atom is -0.462 e. The third-order valence-electron chi connectivity index (χ3n) is 15.4. The molecule has 510 valence electrons. The minimum absolute atomic E-state index is 0.104. The van der Waals surface area contributed by atoms with Crippen molar-refractivity contribution in [2.75, 3.05) is 39.6 Å². The number of ether oxygens (including phenoxy) is 4. The summed E-state index contributed by atoms with van der Waals surface area (Å²) in [5.41, 5.74) is 0. The lowest BCUT2D eigenvalue weighted by Gasteiger charge is -2.21. The van der Waals surface area contributed by atoms with Gasteiger partial charge in [-0.2, -0.15) is 0 Å². The van der Waals surface area contributed by atoms with Crippen molar-refractivity contribution < 1.29 is 80.2 Å². The molecule has 0 radical (unpaired) electrons. The lowest BCUT2D eigenvalue weighted by molar-refractivity contribution is -0.161. The van der Waals surface area contributed by atoms with Crippen LogP contribution in [0.4, 0.5) is 0 Å². The van der Waals surface area contributed by atoms with Crippen LogP contribution in [0.3, 0.4) is 0 Å². The molecule has 0 rings (SSSR count). The van der Waals surface area contributed by atoms with E-state index < -0.39 is 97.5 Å². The molecule has 19 heteroatoms. The highest BCUT2D eigenvalue weighted by molar-refractivity contribution is 7.47. The van der Waals surface area contributed by atoms with Gasteiger partial charge in [0, 0.05) is 25.7 Å². The van der Waals surface area contributed by atoms with Crippen molar-refractivity contribution in [1.82, 2.24) is 0 Å². The van der Waals surface area contributed by atoms with E-state index in [-0.39, 0.29) is 25.7 Å². The van der Waals surface area contributed by atoms with E-state index in [4.69, 9.17) is 37.0 Å². The zero-order chi connectivity index (χ0) is 63.8. The summed E-state index contributed by atoms with van der Waals surface area (Å²) in [6, 6.07) is 0. The first kappa shape index (κ1) is 84.1. The summed E-state index contributed by atoms with van der Waals surface area (Å²) in [7, 11) is -9.89. The van der Waals surface area contributed by atoms with Gasteiger partial charge in [-0.15, -0.1) is 0 Å². The van der Waals surface area contributed by atoms with Gasteiger partial charge in [0.25, 0.3) is 0 Å². The number of rotatable bonds is 65. The zero-order valence-corrected chi connectivity index (χ0v) is 57.6. The Balaban J connectivity index is 5.16. The Bertz CT molecular complexity index is 1700. The molecule has 0 aliphatic rings. The van der Waals surface area contributed by atoms with Crippen LogP contribution >= 0.6 is 15.6 Å². The molecule has 0 amide bonds. The van der Waals surface area contributed by atoms with Gasteiger partial charge in [-0.3, -0.25) is 37.3 Å². The van der Waals surface area contributed by atoms with Gasteiger partial charge in [-0.05, 0) is 43.4 Å². The zero-order valence-electron chi connectivity index (χ0n) is 55.8. The molecule has 2 unspecified atom stereocenters. The van der Waals surface area contributed by atoms with Gasteiger partial charge in [0.15, 0.2) is 12.2 Å². The molecule has 0 aliphatic carbocycles. The van der Waals surface area contributed by atoms with Crippen LogP contribution < -0.4 is 0 Å². The van der Waals surface area contributed by atoms with E-state index in [0.717, 1.165) is 114 Å². The predicted octanol–water partition coefficient (Wildman–Crippen LogP) is 18.7. The smallest absolute Gasteiger partial charge is 0.462 e. The Morgan fingerprint density at radius 3 is 0.791 bits per heavy atom. The molecule has 86 heavy (non-hydrogen) atoms. The van der Waals surface area contributed by atoms with E-state index in [0.29, 0.717) is 25.7 Å².